The molecule has 0 aliphatic rings. The molecular weight excluding hydrogens is 541 g/mol. The second-order valence-corrected chi connectivity index (χ2v) is 9.85. The maximum absolute atomic E-state index is 12.8. The molecular formula is C22H16ClF3N4O6S. The molecule has 3 amide bonds. The molecule has 0 saturated carbocycles. The highest BCUT2D eigenvalue weighted by atomic mass is 35.5. The molecule has 0 aliphatic carbocycles. The number of anilines is 1. The van der Waals surface area contributed by atoms with Gasteiger partial charge in [-0.05, 0) is 54.6 Å². The normalized spacial score (nSPS) is 11.5. The number of nitro groups is 1. The largest absolute Gasteiger partial charge is 0.416 e. The Bertz CT molecular complexity index is 1460. The number of urea groups is 1. The maximum atomic E-state index is 12.8. The van der Waals surface area contributed by atoms with E-state index in [1.165, 1.54) is 30.3 Å². The molecule has 3 aromatic rings. The van der Waals surface area contributed by atoms with Gasteiger partial charge >= 0.3 is 12.2 Å². The number of hydrogen-bond acceptors (Lipinski definition) is 6. The summed E-state index contributed by atoms with van der Waals surface area (Å²) in [4.78, 5) is 34.9. The fourth-order valence-electron chi connectivity index (χ4n) is 3.07. The number of hydrogen-bond donors (Lipinski definition) is 3. The first kappa shape index (κ1) is 27.4. The molecule has 194 valence electrons. The topological polar surface area (TPSA) is 148 Å². The van der Waals surface area contributed by atoms with Gasteiger partial charge in [-0.3, -0.25) is 20.3 Å². The Morgan fingerprint density at radius 1 is 0.973 bits per heavy atom. The van der Waals surface area contributed by atoms with Gasteiger partial charge in [0.25, 0.3) is 11.6 Å². The Morgan fingerprint density at radius 3 is 2.27 bits per heavy atom. The number of nitro benzene ring substituents is 1. The fourth-order valence-corrected chi connectivity index (χ4v) is 4.56. The monoisotopic (exact) mass is 556 g/mol. The van der Waals surface area contributed by atoms with E-state index in [-0.39, 0.29) is 26.7 Å². The van der Waals surface area contributed by atoms with Gasteiger partial charge in [0.15, 0.2) is 9.84 Å². The molecule has 3 rings (SSSR count). The summed E-state index contributed by atoms with van der Waals surface area (Å²) in [6.45, 7) is 0. The number of amides is 3. The molecule has 3 N–H and O–H groups in total. The van der Waals surface area contributed by atoms with Crippen molar-refractivity contribution < 1.29 is 36.1 Å². The van der Waals surface area contributed by atoms with Gasteiger partial charge in [0, 0.05) is 27.9 Å². The van der Waals surface area contributed by atoms with Gasteiger partial charge in [-0.1, -0.05) is 17.7 Å². The molecule has 37 heavy (non-hydrogen) atoms. The van der Waals surface area contributed by atoms with Gasteiger partial charge in [0.2, 0.25) is 0 Å². The zero-order valence-electron chi connectivity index (χ0n) is 18.4. The van der Waals surface area contributed by atoms with Crippen LogP contribution in [-0.2, 0) is 21.8 Å². The van der Waals surface area contributed by atoms with Crippen LogP contribution in [0.4, 0.5) is 29.3 Å². The molecule has 0 unspecified atom stereocenters. The number of carbonyl (C=O) groups is 2. The van der Waals surface area contributed by atoms with Gasteiger partial charge < -0.3 is 5.32 Å². The Hall–Kier alpha value is -4.17. The fraction of sp³-hybridized carbons (Fsp3) is 0.0909. The second-order valence-electron chi connectivity index (χ2n) is 7.43. The first-order valence-electron chi connectivity index (χ1n) is 10.1. The van der Waals surface area contributed by atoms with E-state index in [2.05, 4.69) is 5.32 Å². The van der Waals surface area contributed by atoms with E-state index in [4.69, 9.17) is 11.6 Å². The summed E-state index contributed by atoms with van der Waals surface area (Å²) in [5, 5.41) is 13.8. The number of sulfone groups is 1. The first-order chi connectivity index (χ1) is 17.3. The highest BCUT2D eigenvalue weighted by Gasteiger charge is 2.30. The summed E-state index contributed by atoms with van der Waals surface area (Å²) in [5.74, 6) is -1.78. The van der Waals surface area contributed by atoms with Crippen molar-refractivity contribution in [3.63, 3.8) is 0 Å². The molecule has 3 aromatic carbocycles. The molecule has 15 heteroatoms. The average molecular weight is 557 g/mol. The Kier molecular flexibility index (Phi) is 8.03. The highest BCUT2D eigenvalue weighted by Crippen LogP contribution is 2.30. The number of carbonyl (C=O) groups excluding carboxylic acids is 2. The lowest BCUT2D eigenvalue weighted by Gasteiger charge is -2.12. The molecule has 0 spiro atoms. The Morgan fingerprint density at radius 2 is 1.65 bits per heavy atom. The van der Waals surface area contributed by atoms with Crippen molar-refractivity contribution >= 4 is 44.8 Å². The van der Waals surface area contributed by atoms with Crippen LogP contribution in [0.2, 0.25) is 5.02 Å². The summed E-state index contributed by atoms with van der Waals surface area (Å²) in [7, 11) is -4.06. The van der Waals surface area contributed by atoms with E-state index < -0.39 is 49.9 Å². The molecule has 0 bridgehead atoms. The van der Waals surface area contributed by atoms with Crippen LogP contribution in [0.25, 0.3) is 0 Å². The molecule has 0 saturated heterocycles. The minimum absolute atomic E-state index is 0.144. The van der Waals surface area contributed by atoms with Crippen molar-refractivity contribution in [2.45, 2.75) is 16.8 Å². The minimum atomic E-state index is -4.63. The summed E-state index contributed by atoms with van der Waals surface area (Å²) < 4.78 is 63.9. The van der Waals surface area contributed by atoms with Gasteiger partial charge in [-0.25, -0.2) is 18.6 Å². The van der Waals surface area contributed by atoms with Crippen molar-refractivity contribution in [1.82, 2.24) is 10.9 Å². The molecule has 0 aliphatic heterocycles. The van der Waals surface area contributed by atoms with E-state index in [0.717, 1.165) is 30.3 Å². The van der Waals surface area contributed by atoms with Crippen molar-refractivity contribution in [3.05, 3.63) is 98.6 Å². The molecule has 10 nitrogen and oxygen atoms in total. The van der Waals surface area contributed by atoms with Gasteiger partial charge in [0.05, 0.1) is 21.1 Å². The smallest absolute Gasteiger partial charge is 0.307 e. The lowest BCUT2D eigenvalue weighted by molar-refractivity contribution is -0.385. The van der Waals surface area contributed by atoms with E-state index in [1.807, 2.05) is 10.9 Å². The average Bonchev–Trinajstić information content (AvgIpc) is 2.82. The van der Waals surface area contributed by atoms with Crippen LogP contribution in [0.15, 0.2) is 71.6 Å². The summed E-state index contributed by atoms with van der Waals surface area (Å²) in [5.41, 5.74) is 1.64. The molecule has 0 radical (unpaired) electrons. The number of alkyl halides is 3. The first-order valence-corrected chi connectivity index (χ1v) is 12.1. The van der Waals surface area contributed by atoms with Crippen LogP contribution >= 0.6 is 11.6 Å². The zero-order valence-corrected chi connectivity index (χ0v) is 19.9. The van der Waals surface area contributed by atoms with Crippen LogP contribution in [0.3, 0.4) is 0 Å². The number of rotatable bonds is 6. The van der Waals surface area contributed by atoms with E-state index in [0.29, 0.717) is 6.07 Å². The molecule has 0 heterocycles. The second kappa shape index (κ2) is 10.8. The SMILES string of the molecule is O=C(NNC(=O)c1ccc([N+](=O)[O-])c(CS(=O)(=O)c2ccc(Cl)cc2)c1)Nc1cccc(C(F)(F)F)c1. The molecule has 0 atom stereocenters. The number of nitrogens with zero attached hydrogens (tertiary/aromatic N) is 1. The van der Waals surface area contributed by atoms with Gasteiger partial charge in [-0.2, -0.15) is 13.2 Å². The minimum Gasteiger partial charge on any atom is -0.307 e. The van der Waals surface area contributed by atoms with Crippen molar-refractivity contribution in [2.24, 2.45) is 0 Å². The molecule has 0 aromatic heterocycles. The van der Waals surface area contributed by atoms with Crippen LogP contribution in [0.1, 0.15) is 21.5 Å². The van der Waals surface area contributed by atoms with Crippen LogP contribution in [-0.4, -0.2) is 25.3 Å². The third-order valence-corrected chi connectivity index (χ3v) is 6.73. The summed E-state index contributed by atoms with van der Waals surface area (Å²) in [6.07, 6.45) is -4.63. The van der Waals surface area contributed by atoms with Crippen molar-refractivity contribution in [2.75, 3.05) is 5.32 Å². The van der Waals surface area contributed by atoms with Gasteiger partial charge in [0.1, 0.15) is 0 Å². The van der Waals surface area contributed by atoms with E-state index >= 15 is 0 Å². The van der Waals surface area contributed by atoms with Crippen LogP contribution in [0, 0.1) is 10.1 Å². The predicted molar refractivity (Wildman–Crippen MR) is 127 cm³/mol. The quantitative estimate of drug-likeness (QED) is 0.296. The number of hydrazine groups is 1. The molecule has 0 fully saturated rings. The third-order valence-electron chi connectivity index (χ3n) is 4.79. The van der Waals surface area contributed by atoms with Gasteiger partial charge in [-0.15, -0.1) is 0 Å². The summed E-state index contributed by atoms with van der Waals surface area (Å²) in [6, 6.07) is 10.8. The van der Waals surface area contributed by atoms with Crippen molar-refractivity contribution in [1.29, 1.82) is 0 Å². The van der Waals surface area contributed by atoms with E-state index in [9.17, 15) is 41.3 Å². The highest BCUT2D eigenvalue weighted by molar-refractivity contribution is 7.90. The predicted octanol–water partition coefficient (Wildman–Crippen LogP) is 4.71. The van der Waals surface area contributed by atoms with E-state index in [1.54, 1.807) is 0 Å². The van der Waals surface area contributed by atoms with Crippen LogP contribution < -0.4 is 16.2 Å². The van der Waals surface area contributed by atoms with Crippen molar-refractivity contribution in [3.8, 4) is 0 Å². The third kappa shape index (κ3) is 7.17. The van der Waals surface area contributed by atoms with Crippen LogP contribution in [0.5, 0.6) is 0 Å². The standard InChI is InChI=1S/C22H16ClF3N4O6S/c23-16-5-7-18(8-6-16)37(35,36)12-14-10-13(4-9-19(14)30(33)34)20(31)28-29-21(32)27-17-3-1-2-15(11-17)22(24,25)26/h1-11H,12H2,(H,28,31)(H2,27,29,32). The number of benzene rings is 3. The number of nitrogens with one attached hydrogen (secondary N) is 3. The lowest BCUT2D eigenvalue weighted by Crippen LogP contribution is -2.44. The Balaban J connectivity index is 1.73. The number of halogens is 4. The zero-order chi connectivity index (χ0) is 27.4. The maximum Gasteiger partial charge on any atom is 0.416 e. The lowest BCUT2D eigenvalue weighted by atomic mass is 10.1. The Labute approximate surface area is 212 Å². The summed E-state index contributed by atoms with van der Waals surface area (Å²) >= 11 is 5.76.